The van der Waals surface area contributed by atoms with Crippen molar-refractivity contribution in [2.45, 2.75) is 56.5 Å². The van der Waals surface area contributed by atoms with E-state index >= 15 is 4.39 Å². The highest BCUT2D eigenvalue weighted by Gasteiger charge is 2.58. The maximum Gasteiger partial charge on any atom is 0.426 e. The average molecular weight is 694 g/mol. The van der Waals surface area contributed by atoms with Crippen molar-refractivity contribution in [3.63, 3.8) is 0 Å². The molecule has 0 aliphatic carbocycles. The third-order valence-corrected chi connectivity index (χ3v) is 8.74. The van der Waals surface area contributed by atoms with Crippen LogP contribution in [0.1, 0.15) is 35.7 Å². The molecule has 4 N–H and O–H groups in total. The Morgan fingerprint density at radius 1 is 1.10 bits per heavy atom. The van der Waals surface area contributed by atoms with Gasteiger partial charge in [0.2, 0.25) is 5.60 Å². The number of nitrogens with one attached hydrogen (secondary N) is 1. The van der Waals surface area contributed by atoms with Crippen molar-refractivity contribution in [2.75, 3.05) is 39.0 Å². The number of methoxy groups -OCH3 is 1. The highest BCUT2D eigenvalue weighted by molar-refractivity contribution is 5.99. The van der Waals surface area contributed by atoms with Crippen molar-refractivity contribution in [3.8, 4) is 17.0 Å². The van der Waals surface area contributed by atoms with Gasteiger partial charge in [-0.15, -0.1) is 0 Å². The van der Waals surface area contributed by atoms with Crippen LogP contribution in [0, 0.1) is 11.7 Å². The second-order valence-electron chi connectivity index (χ2n) is 12.0. The minimum Gasteiger partial charge on any atom is -0.496 e. The summed E-state index contributed by atoms with van der Waals surface area (Å²) < 4.78 is 116. The zero-order chi connectivity index (χ0) is 35.3. The van der Waals surface area contributed by atoms with Crippen molar-refractivity contribution in [2.24, 2.45) is 5.92 Å². The standard InChI is InChI=1S/C29H31F8N7O4/c1-27(47,29(35,36)37)26(46)43-11-19(31)20(12-43)41-25(45)17-8-16(18(30)9-22(17)48-2)21-7-14(23-24(38)39-13-40-44(21)23)10-42-5-3-15(4-6-42)28(32,33)34/h7-9,13,15,19-20,47H,3-6,10-12H2,1-2H3,(H,41,45)(H2,38,39,40)/t19-,20+,27?/m0/s1. The van der Waals surface area contributed by atoms with E-state index in [1.54, 1.807) is 4.90 Å². The topological polar surface area (TPSA) is 138 Å². The number of fused-ring (bicyclic) bond motifs is 1. The quantitative estimate of drug-likeness (QED) is 0.320. The molecule has 3 atom stereocenters. The fourth-order valence-electron chi connectivity index (χ4n) is 5.96. The lowest BCUT2D eigenvalue weighted by molar-refractivity contribution is -0.249. The molecule has 0 spiro atoms. The molecule has 0 radical (unpaired) electrons. The minimum atomic E-state index is -5.34. The van der Waals surface area contributed by atoms with E-state index in [-0.39, 0.29) is 73.3 Å². The Bertz CT molecular complexity index is 1700. The van der Waals surface area contributed by atoms with E-state index in [1.165, 1.54) is 10.6 Å². The van der Waals surface area contributed by atoms with Crippen LogP contribution >= 0.6 is 0 Å². The highest BCUT2D eigenvalue weighted by Crippen LogP contribution is 2.37. The summed E-state index contributed by atoms with van der Waals surface area (Å²) in [4.78, 5) is 32.0. The van der Waals surface area contributed by atoms with E-state index in [9.17, 15) is 45.4 Å². The first-order valence-corrected chi connectivity index (χ1v) is 14.6. The Labute approximate surface area is 267 Å². The van der Waals surface area contributed by atoms with Gasteiger partial charge in [0.15, 0.2) is 5.82 Å². The Morgan fingerprint density at radius 2 is 1.77 bits per heavy atom. The predicted molar refractivity (Wildman–Crippen MR) is 153 cm³/mol. The van der Waals surface area contributed by atoms with Gasteiger partial charge in [0.1, 0.15) is 29.6 Å². The van der Waals surface area contributed by atoms with Gasteiger partial charge in [-0.2, -0.15) is 31.4 Å². The average Bonchev–Trinajstić information content (AvgIpc) is 3.56. The Hall–Kier alpha value is -4.26. The number of benzene rings is 1. The predicted octanol–water partition coefficient (Wildman–Crippen LogP) is 3.49. The van der Waals surface area contributed by atoms with Crippen LogP contribution in [-0.2, 0) is 11.3 Å². The van der Waals surface area contributed by atoms with Gasteiger partial charge in [0.25, 0.3) is 11.8 Å². The third-order valence-electron chi connectivity index (χ3n) is 8.74. The van der Waals surface area contributed by atoms with Crippen molar-refractivity contribution < 1.29 is 54.6 Å². The SMILES string of the molecule is COc1cc(F)c(-c2cc(CN3CCC(C(F)(F)F)CC3)c3c(N)ncnn23)cc1C(=O)N[C@@H]1CN(C(=O)C(C)(O)C(F)(F)F)C[C@@H]1F. The zero-order valence-electron chi connectivity index (χ0n) is 25.5. The number of amides is 2. The van der Waals surface area contributed by atoms with E-state index in [0.717, 1.165) is 25.6 Å². The van der Waals surface area contributed by atoms with Gasteiger partial charge in [-0.1, -0.05) is 0 Å². The molecule has 2 fully saturated rings. The summed E-state index contributed by atoms with van der Waals surface area (Å²) >= 11 is 0. The number of halogens is 8. The van der Waals surface area contributed by atoms with Gasteiger partial charge in [-0.25, -0.2) is 18.3 Å². The van der Waals surface area contributed by atoms with Crippen LogP contribution in [0.2, 0.25) is 0 Å². The fraction of sp³-hybridized carbons (Fsp3) is 0.517. The van der Waals surface area contributed by atoms with Crippen LogP contribution in [0.3, 0.4) is 0 Å². The Kier molecular flexibility index (Phi) is 9.24. The molecular formula is C29H31F8N7O4. The summed E-state index contributed by atoms with van der Waals surface area (Å²) in [7, 11) is 1.14. The number of carbonyl (C=O) groups excluding carboxylic acids is 2. The molecule has 48 heavy (non-hydrogen) atoms. The number of likely N-dealkylation sites (tertiary alicyclic amines) is 2. The van der Waals surface area contributed by atoms with Gasteiger partial charge >= 0.3 is 12.4 Å². The molecule has 11 nitrogen and oxygen atoms in total. The van der Waals surface area contributed by atoms with Gasteiger partial charge in [0.05, 0.1) is 36.9 Å². The van der Waals surface area contributed by atoms with Crippen LogP contribution in [0.5, 0.6) is 5.75 Å². The van der Waals surface area contributed by atoms with E-state index in [4.69, 9.17) is 10.5 Å². The number of nitrogen functional groups attached to an aromatic ring is 1. The lowest BCUT2D eigenvalue weighted by Crippen LogP contribution is -2.56. The second kappa shape index (κ2) is 12.6. The van der Waals surface area contributed by atoms with Crippen molar-refractivity contribution in [3.05, 3.63) is 41.5 Å². The van der Waals surface area contributed by atoms with Crippen LogP contribution in [0.4, 0.5) is 40.9 Å². The molecule has 1 aromatic carbocycles. The maximum atomic E-state index is 15.6. The summed E-state index contributed by atoms with van der Waals surface area (Å²) in [6.45, 7) is -0.886. The molecule has 2 aliphatic heterocycles. The van der Waals surface area contributed by atoms with Crippen molar-refractivity contribution in [1.29, 1.82) is 0 Å². The van der Waals surface area contributed by atoms with Gasteiger partial charge in [-0.05, 0) is 50.6 Å². The number of nitrogens with two attached hydrogens (primary N) is 1. The van der Waals surface area contributed by atoms with E-state index in [1.807, 2.05) is 0 Å². The number of ether oxygens (including phenoxy) is 1. The first-order valence-electron chi connectivity index (χ1n) is 14.6. The number of rotatable bonds is 7. The number of piperidine rings is 1. The van der Waals surface area contributed by atoms with Crippen molar-refractivity contribution in [1.82, 2.24) is 29.7 Å². The van der Waals surface area contributed by atoms with Crippen LogP contribution in [0.15, 0.2) is 24.5 Å². The second-order valence-corrected chi connectivity index (χ2v) is 12.0. The normalized spacial score (nSPS) is 21.0. The maximum absolute atomic E-state index is 15.6. The molecule has 262 valence electrons. The van der Waals surface area contributed by atoms with E-state index < -0.39 is 66.8 Å². The molecule has 2 aromatic heterocycles. The Balaban J connectivity index is 1.42. The fourth-order valence-corrected chi connectivity index (χ4v) is 5.96. The summed E-state index contributed by atoms with van der Waals surface area (Å²) in [6, 6.07) is 1.99. The third kappa shape index (κ3) is 6.56. The number of aromatic nitrogens is 3. The van der Waals surface area contributed by atoms with Crippen LogP contribution in [0.25, 0.3) is 16.8 Å². The molecule has 1 unspecified atom stereocenters. The highest BCUT2D eigenvalue weighted by atomic mass is 19.4. The molecule has 5 rings (SSSR count). The number of hydrogen-bond acceptors (Lipinski definition) is 8. The van der Waals surface area contributed by atoms with Gasteiger partial charge in [0, 0.05) is 24.7 Å². The summed E-state index contributed by atoms with van der Waals surface area (Å²) in [5.41, 5.74) is 2.66. The lowest BCUT2D eigenvalue weighted by Gasteiger charge is -2.32. The van der Waals surface area contributed by atoms with E-state index in [2.05, 4.69) is 15.4 Å². The molecule has 19 heteroatoms. The Morgan fingerprint density at radius 3 is 2.38 bits per heavy atom. The molecule has 4 heterocycles. The minimum absolute atomic E-state index is 0.00198. The molecule has 2 saturated heterocycles. The number of hydrogen-bond donors (Lipinski definition) is 3. The molecule has 2 amide bonds. The lowest BCUT2D eigenvalue weighted by atomic mass is 9.96. The smallest absolute Gasteiger partial charge is 0.426 e. The molecule has 0 bridgehead atoms. The van der Waals surface area contributed by atoms with Crippen molar-refractivity contribution >= 4 is 23.1 Å². The first-order chi connectivity index (χ1) is 22.3. The molecule has 0 saturated carbocycles. The number of aliphatic hydroxyl groups is 1. The van der Waals surface area contributed by atoms with Crippen LogP contribution < -0.4 is 15.8 Å². The summed E-state index contributed by atoms with van der Waals surface area (Å²) in [5.74, 6) is -5.39. The molecular weight excluding hydrogens is 662 g/mol. The summed E-state index contributed by atoms with van der Waals surface area (Å²) in [6.07, 6.45) is -10.8. The monoisotopic (exact) mass is 693 g/mol. The zero-order valence-corrected chi connectivity index (χ0v) is 25.5. The number of carbonyl (C=O) groups is 2. The molecule has 2 aliphatic rings. The van der Waals surface area contributed by atoms with Crippen LogP contribution in [-0.4, -0.2) is 105 Å². The van der Waals surface area contributed by atoms with E-state index in [0.29, 0.717) is 10.5 Å². The van der Waals surface area contributed by atoms with Gasteiger partial charge in [-0.3, -0.25) is 14.5 Å². The largest absolute Gasteiger partial charge is 0.496 e. The molecule has 3 aromatic rings. The van der Waals surface area contributed by atoms with Gasteiger partial charge < -0.3 is 25.8 Å². The first kappa shape index (κ1) is 35.1. The number of alkyl halides is 7. The number of anilines is 1. The number of nitrogens with zero attached hydrogens (tertiary/aromatic N) is 5. The summed E-state index contributed by atoms with van der Waals surface area (Å²) in [5, 5.41) is 16.2.